The second kappa shape index (κ2) is 4.17. The number of hydrogen-bond donors (Lipinski definition) is 1. The quantitative estimate of drug-likeness (QED) is 0.845. The first-order valence-electron chi connectivity index (χ1n) is 4.96. The number of rotatable bonds is 2. The number of aromatic nitrogens is 1. The van der Waals surface area contributed by atoms with Gasteiger partial charge in [-0.3, -0.25) is 4.98 Å². The lowest BCUT2D eigenvalue weighted by molar-refractivity contribution is 0.946. The van der Waals surface area contributed by atoms with Crippen LogP contribution in [0.2, 0.25) is 5.02 Å². The molecule has 1 aromatic carbocycles. The van der Waals surface area contributed by atoms with Crippen molar-refractivity contribution in [1.29, 1.82) is 0 Å². The van der Waals surface area contributed by atoms with E-state index in [-0.39, 0.29) is 0 Å². The molecule has 2 N–H and O–H groups in total. The highest BCUT2D eigenvalue weighted by atomic mass is 35.5. The Morgan fingerprint density at radius 1 is 1.33 bits per heavy atom. The van der Waals surface area contributed by atoms with E-state index in [1.54, 1.807) is 0 Å². The van der Waals surface area contributed by atoms with Gasteiger partial charge in [-0.2, -0.15) is 0 Å². The van der Waals surface area contributed by atoms with E-state index in [0.29, 0.717) is 6.54 Å². The van der Waals surface area contributed by atoms with E-state index in [4.69, 9.17) is 17.3 Å². The van der Waals surface area contributed by atoms with E-state index < -0.39 is 0 Å². The molecule has 0 unspecified atom stereocenters. The molecule has 0 aliphatic rings. The Morgan fingerprint density at radius 2 is 2.13 bits per heavy atom. The minimum absolute atomic E-state index is 0.654. The van der Waals surface area contributed by atoms with Crippen molar-refractivity contribution in [3.05, 3.63) is 40.5 Å². The third-order valence-electron chi connectivity index (χ3n) is 2.49. The van der Waals surface area contributed by atoms with Crippen molar-refractivity contribution in [3.8, 4) is 0 Å². The first-order chi connectivity index (χ1) is 7.20. The van der Waals surface area contributed by atoms with Crippen LogP contribution >= 0.6 is 11.6 Å². The van der Waals surface area contributed by atoms with Gasteiger partial charge in [0, 0.05) is 16.1 Å². The van der Waals surface area contributed by atoms with Crippen molar-refractivity contribution in [3.63, 3.8) is 0 Å². The molecule has 2 nitrogen and oxygen atoms in total. The first-order valence-corrected chi connectivity index (χ1v) is 5.34. The number of halogens is 1. The molecular formula is C12H13ClN2. The van der Waals surface area contributed by atoms with Crippen LogP contribution in [0.1, 0.15) is 11.3 Å². The molecule has 2 aromatic rings. The van der Waals surface area contributed by atoms with Gasteiger partial charge in [-0.1, -0.05) is 17.7 Å². The zero-order chi connectivity index (χ0) is 10.8. The van der Waals surface area contributed by atoms with E-state index in [9.17, 15) is 0 Å². The topological polar surface area (TPSA) is 38.9 Å². The summed E-state index contributed by atoms with van der Waals surface area (Å²) < 4.78 is 0. The van der Waals surface area contributed by atoms with Crippen LogP contribution in [-0.2, 0) is 6.42 Å². The molecule has 3 heteroatoms. The number of nitrogens with zero attached hydrogens (tertiary/aromatic N) is 1. The molecule has 0 atom stereocenters. The summed E-state index contributed by atoms with van der Waals surface area (Å²) in [6, 6.07) is 7.90. The molecule has 2 rings (SSSR count). The number of benzene rings is 1. The van der Waals surface area contributed by atoms with Crippen molar-refractivity contribution in [2.45, 2.75) is 13.3 Å². The number of pyridine rings is 1. The van der Waals surface area contributed by atoms with Crippen molar-refractivity contribution in [2.75, 3.05) is 6.54 Å². The SMILES string of the molecule is Cc1nc2cc(Cl)ccc2cc1CCN. The maximum absolute atomic E-state index is 5.91. The van der Waals surface area contributed by atoms with Crippen LogP contribution in [0, 0.1) is 6.92 Å². The van der Waals surface area contributed by atoms with E-state index in [2.05, 4.69) is 11.1 Å². The third-order valence-corrected chi connectivity index (χ3v) is 2.72. The van der Waals surface area contributed by atoms with E-state index in [1.165, 1.54) is 5.56 Å². The molecule has 0 aliphatic heterocycles. The monoisotopic (exact) mass is 220 g/mol. The van der Waals surface area contributed by atoms with Crippen LogP contribution in [-0.4, -0.2) is 11.5 Å². The molecule has 0 fully saturated rings. The highest BCUT2D eigenvalue weighted by Gasteiger charge is 2.02. The van der Waals surface area contributed by atoms with Gasteiger partial charge < -0.3 is 5.73 Å². The molecular weight excluding hydrogens is 208 g/mol. The standard InChI is InChI=1S/C12H13ClN2/c1-8-9(4-5-14)6-10-2-3-11(13)7-12(10)15-8/h2-3,6-7H,4-5,14H2,1H3. The van der Waals surface area contributed by atoms with Crippen molar-refractivity contribution in [1.82, 2.24) is 4.98 Å². The Hall–Kier alpha value is -1.12. The minimum Gasteiger partial charge on any atom is -0.330 e. The summed E-state index contributed by atoms with van der Waals surface area (Å²) in [5.74, 6) is 0. The fraction of sp³-hybridized carbons (Fsp3) is 0.250. The van der Waals surface area contributed by atoms with Gasteiger partial charge >= 0.3 is 0 Å². The first kappa shape index (κ1) is 10.4. The molecule has 0 aliphatic carbocycles. The fourth-order valence-electron chi connectivity index (χ4n) is 1.69. The van der Waals surface area contributed by atoms with Crippen LogP contribution in [0.25, 0.3) is 10.9 Å². The molecule has 0 radical (unpaired) electrons. The minimum atomic E-state index is 0.654. The summed E-state index contributed by atoms with van der Waals surface area (Å²) >= 11 is 5.91. The second-order valence-electron chi connectivity index (χ2n) is 3.61. The highest BCUT2D eigenvalue weighted by Crippen LogP contribution is 2.20. The van der Waals surface area contributed by atoms with Gasteiger partial charge in [-0.25, -0.2) is 0 Å². The highest BCUT2D eigenvalue weighted by molar-refractivity contribution is 6.31. The van der Waals surface area contributed by atoms with Crippen LogP contribution in [0.4, 0.5) is 0 Å². The normalized spacial score (nSPS) is 10.9. The summed E-state index contributed by atoms with van der Waals surface area (Å²) in [5.41, 5.74) is 8.75. The van der Waals surface area contributed by atoms with Crippen LogP contribution in [0.15, 0.2) is 24.3 Å². The van der Waals surface area contributed by atoms with E-state index in [0.717, 1.165) is 28.0 Å². The molecule has 0 spiro atoms. The Morgan fingerprint density at radius 3 is 2.87 bits per heavy atom. The third kappa shape index (κ3) is 2.11. The molecule has 0 saturated heterocycles. The average Bonchev–Trinajstić information content (AvgIpc) is 2.20. The molecule has 0 bridgehead atoms. The summed E-state index contributed by atoms with van der Waals surface area (Å²) in [5, 5.41) is 1.84. The summed E-state index contributed by atoms with van der Waals surface area (Å²) in [6.45, 7) is 2.66. The van der Waals surface area contributed by atoms with Gasteiger partial charge in [-0.15, -0.1) is 0 Å². The molecule has 1 heterocycles. The van der Waals surface area contributed by atoms with Gasteiger partial charge in [0.15, 0.2) is 0 Å². The zero-order valence-electron chi connectivity index (χ0n) is 8.63. The number of nitrogens with two attached hydrogens (primary N) is 1. The summed E-state index contributed by atoms with van der Waals surface area (Å²) in [4.78, 5) is 4.52. The van der Waals surface area contributed by atoms with Crippen LogP contribution in [0.5, 0.6) is 0 Å². The Labute approximate surface area is 94.1 Å². The smallest absolute Gasteiger partial charge is 0.0720 e. The summed E-state index contributed by atoms with van der Waals surface area (Å²) in [6.07, 6.45) is 0.872. The lowest BCUT2D eigenvalue weighted by Crippen LogP contribution is -2.05. The molecule has 15 heavy (non-hydrogen) atoms. The fourth-order valence-corrected chi connectivity index (χ4v) is 1.86. The van der Waals surface area contributed by atoms with Gasteiger partial charge in [0.25, 0.3) is 0 Å². The second-order valence-corrected chi connectivity index (χ2v) is 4.05. The zero-order valence-corrected chi connectivity index (χ0v) is 9.38. The lowest BCUT2D eigenvalue weighted by atomic mass is 10.1. The van der Waals surface area contributed by atoms with Crippen molar-refractivity contribution < 1.29 is 0 Å². The summed E-state index contributed by atoms with van der Waals surface area (Å²) in [7, 11) is 0. The molecule has 0 saturated carbocycles. The Balaban J connectivity index is 2.60. The predicted molar refractivity (Wildman–Crippen MR) is 64.2 cm³/mol. The number of fused-ring (bicyclic) bond motifs is 1. The van der Waals surface area contributed by atoms with Crippen molar-refractivity contribution in [2.24, 2.45) is 5.73 Å². The number of hydrogen-bond acceptors (Lipinski definition) is 2. The molecule has 78 valence electrons. The average molecular weight is 221 g/mol. The van der Waals surface area contributed by atoms with Gasteiger partial charge in [0.2, 0.25) is 0 Å². The van der Waals surface area contributed by atoms with Gasteiger partial charge in [0.1, 0.15) is 0 Å². The van der Waals surface area contributed by atoms with E-state index >= 15 is 0 Å². The largest absolute Gasteiger partial charge is 0.330 e. The predicted octanol–water partition coefficient (Wildman–Crippen LogP) is 2.70. The Bertz CT molecular complexity index is 494. The van der Waals surface area contributed by atoms with E-state index in [1.807, 2.05) is 25.1 Å². The van der Waals surface area contributed by atoms with Crippen LogP contribution in [0.3, 0.4) is 0 Å². The number of aryl methyl sites for hydroxylation is 1. The molecule has 0 amide bonds. The Kier molecular flexibility index (Phi) is 2.89. The van der Waals surface area contributed by atoms with Gasteiger partial charge in [0.05, 0.1) is 5.52 Å². The van der Waals surface area contributed by atoms with Gasteiger partial charge in [-0.05, 0) is 43.7 Å². The lowest BCUT2D eigenvalue weighted by Gasteiger charge is -2.06. The maximum Gasteiger partial charge on any atom is 0.0720 e. The van der Waals surface area contributed by atoms with Crippen molar-refractivity contribution >= 4 is 22.5 Å². The van der Waals surface area contributed by atoms with Crippen LogP contribution < -0.4 is 5.73 Å². The molecule has 1 aromatic heterocycles. The maximum atomic E-state index is 5.91.